The van der Waals surface area contributed by atoms with Crippen molar-refractivity contribution in [1.29, 1.82) is 0 Å². The van der Waals surface area contributed by atoms with Gasteiger partial charge in [-0.1, -0.05) is 0 Å². The van der Waals surface area contributed by atoms with Gasteiger partial charge < -0.3 is 4.98 Å². The fourth-order valence-corrected chi connectivity index (χ4v) is 1.39. The molecule has 3 nitrogen and oxygen atoms in total. The van der Waals surface area contributed by atoms with Gasteiger partial charge in [0.05, 0.1) is 0 Å². The van der Waals surface area contributed by atoms with E-state index in [1.165, 1.54) is 0 Å². The Morgan fingerprint density at radius 3 is 3.36 bits per heavy atom. The monoisotopic (exact) mass is 155 g/mol. The van der Waals surface area contributed by atoms with Crippen LogP contribution in [0.4, 0.5) is 4.48 Å². The average Bonchev–Trinajstić information content (AvgIpc) is 2.61. The van der Waals surface area contributed by atoms with Crippen LogP contribution in [0.5, 0.6) is 0 Å². The maximum atomic E-state index is 11.6. The Kier molecular flexibility index (Phi) is 1.62. The summed E-state index contributed by atoms with van der Waals surface area (Å²) in [7, 11) is 0. The molecule has 0 radical (unpaired) electrons. The number of hydrogen-bond donors (Lipinski definition) is 2. The van der Waals surface area contributed by atoms with Crippen molar-refractivity contribution in [2.45, 2.75) is 12.3 Å². The largest absolute Gasteiger partial charge is 0.348 e. The molecule has 2 rings (SSSR count). The van der Waals surface area contributed by atoms with Gasteiger partial charge in [-0.2, -0.15) is 5.54 Å². The number of nitrogens with zero attached hydrogens (tertiary/aromatic N) is 1. The van der Waals surface area contributed by atoms with Crippen molar-refractivity contribution < 1.29 is 4.48 Å². The Hall–Kier alpha value is -0.900. The maximum Gasteiger partial charge on any atom is 0.109 e. The van der Waals surface area contributed by atoms with Gasteiger partial charge in [-0.25, -0.2) is 4.98 Å². The van der Waals surface area contributed by atoms with Gasteiger partial charge in [0.1, 0.15) is 5.82 Å². The standard InChI is InChI=1S/C7H10FN3/c8-11-4-5-3-6(5)7-9-1-2-10-7/h1-2,5-6,11H,3-4H2,(H,9,10). The molecule has 0 spiro atoms. The summed E-state index contributed by atoms with van der Waals surface area (Å²) in [4.78, 5) is 7.13. The van der Waals surface area contributed by atoms with Gasteiger partial charge in [-0.15, -0.1) is 4.48 Å². The minimum Gasteiger partial charge on any atom is -0.348 e. The summed E-state index contributed by atoms with van der Waals surface area (Å²) in [6.45, 7) is 0.450. The highest BCUT2D eigenvalue weighted by atomic mass is 19.2. The van der Waals surface area contributed by atoms with Crippen molar-refractivity contribution in [3.05, 3.63) is 18.2 Å². The van der Waals surface area contributed by atoms with E-state index in [-0.39, 0.29) is 0 Å². The molecule has 1 aromatic heterocycles. The van der Waals surface area contributed by atoms with Gasteiger partial charge in [0.25, 0.3) is 0 Å². The molecule has 0 aromatic carbocycles. The van der Waals surface area contributed by atoms with Gasteiger partial charge in [-0.3, -0.25) is 0 Å². The molecule has 2 atom stereocenters. The summed E-state index contributed by atoms with van der Waals surface area (Å²) in [5.74, 6) is 1.88. The summed E-state index contributed by atoms with van der Waals surface area (Å²) in [5, 5.41) is 0. The molecule has 60 valence electrons. The summed E-state index contributed by atoms with van der Waals surface area (Å²) >= 11 is 0. The van der Waals surface area contributed by atoms with E-state index in [1.807, 2.05) is 0 Å². The number of halogens is 1. The Morgan fingerprint density at radius 2 is 2.73 bits per heavy atom. The van der Waals surface area contributed by atoms with Crippen LogP contribution in [-0.4, -0.2) is 16.5 Å². The summed E-state index contributed by atoms with van der Waals surface area (Å²) in [6.07, 6.45) is 4.58. The molecule has 1 aliphatic carbocycles. The summed E-state index contributed by atoms with van der Waals surface area (Å²) < 4.78 is 11.6. The number of aromatic nitrogens is 2. The van der Waals surface area contributed by atoms with E-state index in [1.54, 1.807) is 17.9 Å². The number of rotatable bonds is 3. The molecule has 1 aliphatic rings. The van der Waals surface area contributed by atoms with E-state index in [0.717, 1.165) is 12.2 Å². The number of aromatic amines is 1. The number of H-pyrrole nitrogens is 1. The number of imidazole rings is 1. The molecule has 2 unspecified atom stereocenters. The third-order valence-electron chi connectivity index (χ3n) is 2.13. The van der Waals surface area contributed by atoms with Crippen LogP contribution < -0.4 is 5.54 Å². The second-order valence-corrected chi connectivity index (χ2v) is 2.91. The van der Waals surface area contributed by atoms with E-state index in [2.05, 4.69) is 9.97 Å². The molecule has 0 aliphatic heterocycles. The first kappa shape index (κ1) is 6.79. The fraction of sp³-hybridized carbons (Fsp3) is 0.571. The van der Waals surface area contributed by atoms with E-state index in [0.29, 0.717) is 18.4 Å². The van der Waals surface area contributed by atoms with Crippen LogP contribution in [0.25, 0.3) is 0 Å². The first-order valence-electron chi connectivity index (χ1n) is 3.74. The predicted molar refractivity (Wildman–Crippen MR) is 38.5 cm³/mol. The van der Waals surface area contributed by atoms with Crippen LogP contribution in [-0.2, 0) is 0 Å². The number of nitrogens with one attached hydrogen (secondary N) is 2. The molecule has 1 saturated carbocycles. The fourth-order valence-electron chi connectivity index (χ4n) is 1.39. The van der Waals surface area contributed by atoms with Crippen molar-refractivity contribution in [3.8, 4) is 0 Å². The zero-order valence-corrected chi connectivity index (χ0v) is 6.05. The molecule has 0 bridgehead atoms. The molecule has 0 saturated heterocycles. The Morgan fingerprint density at radius 1 is 1.82 bits per heavy atom. The van der Waals surface area contributed by atoms with Crippen molar-refractivity contribution in [1.82, 2.24) is 15.5 Å². The Balaban J connectivity index is 1.92. The highest BCUT2D eigenvalue weighted by Crippen LogP contribution is 2.45. The van der Waals surface area contributed by atoms with Crippen molar-refractivity contribution >= 4 is 0 Å². The molecular formula is C7H10FN3. The van der Waals surface area contributed by atoms with Crippen molar-refractivity contribution in [3.63, 3.8) is 0 Å². The van der Waals surface area contributed by atoms with E-state index in [9.17, 15) is 4.48 Å². The Bertz CT molecular complexity index is 222. The highest BCUT2D eigenvalue weighted by Gasteiger charge is 2.39. The molecular weight excluding hydrogens is 145 g/mol. The zero-order chi connectivity index (χ0) is 7.68. The van der Waals surface area contributed by atoms with Crippen LogP contribution in [0.1, 0.15) is 18.2 Å². The molecule has 1 aromatic rings. The molecule has 1 heterocycles. The highest BCUT2D eigenvalue weighted by molar-refractivity contribution is 5.10. The minimum atomic E-state index is 0.436. The van der Waals surface area contributed by atoms with Crippen LogP contribution >= 0.6 is 0 Å². The molecule has 2 N–H and O–H groups in total. The van der Waals surface area contributed by atoms with E-state index >= 15 is 0 Å². The third kappa shape index (κ3) is 1.26. The topological polar surface area (TPSA) is 40.7 Å². The lowest BCUT2D eigenvalue weighted by Gasteiger charge is -1.92. The van der Waals surface area contributed by atoms with Gasteiger partial charge >= 0.3 is 0 Å². The van der Waals surface area contributed by atoms with Crippen LogP contribution in [0.15, 0.2) is 12.4 Å². The lowest BCUT2D eigenvalue weighted by Crippen LogP contribution is -2.05. The number of hydrogen-bond acceptors (Lipinski definition) is 2. The van der Waals surface area contributed by atoms with Crippen LogP contribution in [0, 0.1) is 5.92 Å². The molecule has 1 fully saturated rings. The second kappa shape index (κ2) is 2.62. The first-order chi connectivity index (χ1) is 5.42. The molecule has 4 heteroatoms. The first-order valence-corrected chi connectivity index (χ1v) is 3.74. The van der Waals surface area contributed by atoms with Crippen LogP contribution in [0.2, 0.25) is 0 Å². The molecule has 11 heavy (non-hydrogen) atoms. The lowest BCUT2D eigenvalue weighted by atomic mass is 10.3. The predicted octanol–water partition coefficient (Wildman–Crippen LogP) is 0.987. The second-order valence-electron chi connectivity index (χ2n) is 2.91. The quantitative estimate of drug-likeness (QED) is 0.639. The van der Waals surface area contributed by atoms with Gasteiger partial charge in [0.15, 0.2) is 0 Å². The smallest absolute Gasteiger partial charge is 0.109 e. The summed E-state index contributed by atoms with van der Waals surface area (Å²) in [5.41, 5.74) is 1.68. The molecule has 0 amide bonds. The van der Waals surface area contributed by atoms with Crippen molar-refractivity contribution in [2.24, 2.45) is 5.92 Å². The normalized spacial score (nSPS) is 28.8. The third-order valence-corrected chi connectivity index (χ3v) is 2.13. The minimum absolute atomic E-state index is 0.436. The lowest BCUT2D eigenvalue weighted by molar-refractivity contribution is 0.323. The SMILES string of the molecule is FNCC1CC1c1ncc[nH]1. The van der Waals surface area contributed by atoms with Crippen molar-refractivity contribution in [2.75, 3.05) is 6.54 Å². The summed E-state index contributed by atoms with van der Waals surface area (Å²) in [6, 6.07) is 0. The van der Waals surface area contributed by atoms with E-state index < -0.39 is 0 Å². The van der Waals surface area contributed by atoms with Crippen LogP contribution in [0.3, 0.4) is 0 Å². The average molecular weight is 155 g/mol. The van der Waals surface area contributed by atoms with Gasteiger partial charge in [0.2, 0.25) is 0 Å². The van der Waals surface area contributed by atoms with E-state index in [4.69, 9.17) is 0 Å². The maximum absolute atomic E-state index is 11.6. The Labute approximate surface area is 64.0 Å². The zero-order valence-electron chi connectivity index (χ0n) is 6.05. The van der Waals surface area contributed by atoms with Gasteiger partial charge in [0, 0.05) is 24.9 Å². The van der Waals surface area contributed by atoms with Gasteiger partial charge in [-0.05, 0) is 12.3 Å².